The smallest absolute Gasteiger partial charge is 0.318 e. The summed E-state index contributed by atoms with van der Waals surface area (Å²) in [5.74, 6) is -0.744. The number of nitrogens with one attached hydrogen (secondary N) is 1. The fraction of sp³-hybridized carbons (Fsp3) is 0.600. The van der Waals surface area contributed by atoms with E-state index < -0.39 is 11.9 Å². The first-order chi connectivity index (χ1) is 11.3. The number of rotatable bonds is 2. The number of anilines is 1. The Morgan fingerprint density at radius 1 is 1.33 bits per heavy atom. The maximum Gasteiger partial charge on any atom is 0.435 e. The van der Waals surface area contributed by atoms with Crippen LogP contribution in [0.4, 0.5) is 19.1 Å². The standard InChI is InChI=1S/C15H16F3N5O/c1-23-7-19-9-10(15(16,17)18)20-13(21-11(9)23)22-12(24)8-3-6-14(8)4-2-5-14/h7-8H,2-6H2,1H3,(H,20,21,22,24). The lowest BCUT2D eigenvalue weighted by molar-refractivity contribution is -0.140. The van der Waals surface area contributed by atoms with Gasteiger partial charge in [0.25, 0.3) is 0 Å². The zero-order valence-electron chi connectivity index (χ0n) is 13.0. The van der Waals surface area contributed by atoms with Gasteiger partial charge in [0.1, 0.15) is 5.52 Å². The molecule has 24 heavy (non-hydrogen) atoms. The van der Waals surface area contributed by atoms with Crippen LogP contribution in [0, 0.1) is 11.3 Å². The number of nitrogens with zero attached hydrogens (tertiary/aromatic N) is 4. The number of imidazole rings is 1. The molecule has 1 N–H and O–H groups in total. The van der Waals surface area contributed by atoms with Gasteiger partial charge in [-0.2, -0.15) is 18.2 Å². The minimum absolute atomic E-state index is 0.0413. The van der Waals surface area contributed by atoms with Crippen LogP contribution in [-0.4, -0.2) is 25.4 Å². The second kappa shape index (κ2) is 4.90. The molecule has 1 unspecified atom stereocenters. The molecule has 1 amide bonds. The third-order valence-electron chi connectivity index (χ3n) is 5.40. The van der Waals surface area contributed by atoms with E-state index in [1.165, 1.54) is 10.9 Å². The summed E-state index contributed by atoms with van der Waals surface area (Å²) >= 11 is 0. The van der Waals surface area contributed by atoms with Crippen LogP contribution in [-0.2, 0) is 18.0 Å². The van der Waals surface area contributed by atoms with Crippen LogP contribution in [0.2, 0.25) is 0 Å². The lowest BCUT2D eigenvalue weighted by atomic mass is 9.49. The van der Waals surface area contributed by atoms with Crippen LogP contribution >= 0.6 is 0 Å². The van der Waals surface area contributed by atoms with E-state index in [4.69, 9.17) is 0 Å². The van der Waals surface area contributed by atoms with Crippen LogP contribution in [0.25, 0.3) is 11.2 Å². The molecular formula is C15H16F3N5O. The van der Waals surface area contributed by atoms with Gasteiger partial charge in [0.2, 0.25) is 11.9 Å². The lowest BCUT2D eigenvalue weighted by Crippen LogP contribution is -2.51. The van der Waals surface area contributed by atoms with Gasteiger partial charge in [-0.1, -0.05) is 6.42 Å². The lowest BCUT2D eigenvalue weighted by Gasteiger charge is -2.55. The van der Waals surface area contributed by atoms with Crippen LogP contribution < -0.4 is 5.32 Å². The number of aryl methyl sites for hydroxylation is 1. The highest BCUT2D eigenvalue weighted by atomic mass is 19.4. The molecule has 9 heteroatoms. The summed E-state index contributed by atoms with van der Waals surface area (Å²) in [6.45, 7) is 0. The first-order valence-corrected chi connectivity index (χ1v) is 7.87. The molecular weight excluding hydrogens is 323 g/mol. The Bertz CT molecular complexity index is 819. The maximum atomic E-state index is 13.2. The number of halogens is 3. The largest absolute Gasteiger partial charge is 0.435 e. The average Bonchev–Trinajstić information content (AvgIpc) is 2.75. The van der Waals surface area contributed by atoms with Crippen LogP contribution in [0.5, 0.6) is 0 Å². The zero-order chi connectivity index (χ0) is 17.1. The Labute approximate surface area is 135 Å². The Balaban J connectivity index is 1.67. The molecule has 4 rings (SSSR count). The number of carbonyl (C=O) groups is 1. The summed E-state index contributed by atoms with van der Waals surface area (Å²) in [6, 6.07) is 0. The molecule has 1 atom stereocenters. The van der Waals surface area contributed by atoms with Crippen molar-refractivity contribution in [2.24, 2.45) is 18.4 Å². The second-order valence-corrected chi connectivity index (χ2v) is 6.72. The Morgan fingerprint density at radius 2 is 2.08 bits per heavy atom. The van der Waals surface area contributed by atoms with E-state index in [0.29, 0.717) is 0 Å². The minimum Gasteiger partial charge on any atom is -0.318 e. The fourth-order valence-corrected chi connectivity index (χ4v) is 3.79. The fourth-order valence-electron chi connectivity index (χ4n) is 3.79. The van der Waals surface area contributed by atoms with Crippen LogP contribution in [0.3, 0.4) is 0 Å². The average molecular weight is 339 g/mol. The molecule has 0 aromatic carbocycles. The summed E-state index contributed by atoms with van der Waals surface area (Å²) in [5.41, 5.74) is -1.34. The molecule has 2 heterocycles. The molecule has 2 saturated carbocycles. The Hall–Kier alpha value is -2.19. The number of hydrogen-bond acceptors (Lipinski definition) is 4. The molecule has 128 valence electrons. The van der Waals surface area contributed by atoms with Crippen molar-refractivity contribution in [2.75, 3.05) is 5.32 Å². The van der Waals surface area contributed by atoms with E-state index in [0.717, 1.165) is 32.1 Å². The van der Waals surface area contributed by atoms with Gasteiger partial charge in [-0.25, -0.2) is 9.97 Å². The van der Waals surface area contributed by atoms with Gasteiger partial charge in [0.15, 0.2) is 11.3 Å². The van der Waals surface area contributed by atoms with Crippen molar-refractivity contribution >= 4 is 23.0 Å². The molecule has 6 nitrogen and oxygen atoms in total. The van der Waals surface area contributed by atoms with E-state index in [1.807, 2.05) is 0 Å². The van der Waals surface area contributed by atoms with Crippen molar-refractivity contribution in [3.05, 3.63) is 12.0 Å². The van der Waals surface area contributed by atoms with Gasteiger partial charge in [0.05, 0.1) is 6.33 Å². The third kappa shape index (κ3) is 2.17. The molecule has 1 spiro atoms. The number of fused-ring (bicyclic) bond motifs is 1. The second-order valence-electron chi connectivity index (χ2n) is 6.72. The van der Waals surface area contributed by atoms with Gasteiger partial charge < -0.3 is 4.57 Å². The van der Waals surface area contributed by atoms with E-state index in [1.54, 1.807) is 7.05 Å². The molecule has 0 bridgehead atoms. The predicted octanol–water partition coefficient (Wildman–Crippen LogP) is 2.90. The molecule has 0 aliphatic heterocycles. The number of carbonyl (C=O) groups excluding carboxylic acids is 1. The monoisotopic (exact) mass is 339 g/mol. The third-order valence-corrected chi connectivity index (χ3v) is 5.40. The molecule has 2 fully saturated rings. The summed E-state index contributed by atoms with van der Waals surface area (Å²) in [6.07, 6.45) is 1.50. The van der Waals surface area contributed by atoms with Crippen molar-refractivity contribution < 1.29 is 18.0 Å². The zero-order valence-corrected chi connectivity index (χ0v) is 13.0. The van der Waals surface area contributed by atoms with Crippen molar-refractivity contribution in [1.29, 1.82) is 0 Å². The van der Waals surface area contributed by atoms with Gasteiger partial charge in [-0.15, -0.1) is 0 Å². The number of alkyl halides is 3. The predicted molar refractivity (Wildman–Crippen MR) is 78.9 cm³/mol. The summed E-state index contributed by atoms with van der Waals surface area (Å²) in [7, 11) is 1.55. The van der Waals surface area contributed by atoms with Crippen molar-refractivity contribution in [3.8, 4) is 0 Å². The first kappa shape index (κ1) is 15.3. The highest BCUT2D eigenvalue weighted by Crippen LogP contribution is 2.59. The molecule has 2 aliphatic carbocycles. The number of aromatic nitrogens is 4. The number of hydrogen-bond donors (Lipinski definition) is 1. The molecule has 2 aromatic heterocycles. The SMILES string of the molecule is Cn1cnc2c(C(F)(F)F)nc(NC(=O)C3CCC34CCC4)nc21. The maximum absolute atomic E-state index is 13.2. The summed E-state index contributed by atoms with van der Waals surface area (Å²) < 4.78 is 41.0. The van der Waals surface area contributed by atoms with E-state index in [2.05, 4.69) is 20.3 Å². The molecule has 0 saturated heterocycles. The highest BCUT2D eigenvalue weighted by Gasteiger charge is 2.53. The van der Waals surface area contributed by atoms with E-state index in [9.17, 15) is 18.0 Å². The van der Waals surface area contributed by atoms with Crippen molar-refractivity contribution in [3.63, 3.8) is 0 Å². The summed E-state index contributed by atoms with van der Waals surface area (Å²) in [5, 5.41) is 2.49. The van der Waals surface area contributed by atoms with Gasteiger partial charge >= 0.3 is 6.18 Å². The van der Waals surface area contributed by atoms with Gasteiger partial charge in [0, 0.05) is 13.0 Å². The van der Waals surface area contributed by atoms with Gasteiger partial charge in [-0.05, 0) is 31.1 Å². The van der Waals surface area contributed by atoms with Crippen LogP contribution in [0.1, 0.15) is 37.8 Å². The Morgan fingerprint density at radius 3 is 2.62 bits per heavy atom. The topological polar surface area (TPSA) is 72.7 Å². The van der Waals surface area contributed by atoms with Crippen LogP contribution in [0.15, 0.2) is 6.33 Å². The van der Waals surface area contributed by atoms with Gasteiger partial charge in [-0.3, -0.25) is 10.1 Å². The molecule has 2 aromatic rings. The highest BCUT2D eigenvalue weighted by molar-refractivity contribution is 5.93. The van der Waals surface area contributed by atoms with E-state index >= 15 is 0 Å². The Kier molecular flexibility index (Phi) is 3.14. The van der Waals surface area contributed by atoms with E-state index in [-0.39, 0.29) is 34.4 Å². The molecule has 2 aliphatic rings. The summed E-state index contributed by atoms with van der Waals surface area (Å²) in [4.78, 5) is 23.7. The molecule has 0 radical (unpaired) electrons. The van der Waals surface area contributed by atoms with Crippen molar-refractivity contribution in [1.82, 2.24) is 19.5 Å². The normalized spacial score (nSPS) is 22.2. The minimum atomic E-state index is -4.67. The quantitative estimate of drug-likeness (QED) is 0.913. The first-order valence-electron chi connectivity index (χ1n) is 7.87. The van der Waals surface area contributed by atoms with Crippen molar-refractivity contribution in [2.45, 2.75) is 38.3 Å². The number of amides is 1.